The van der Waals surface area contributed by atoms with Crippen LogP contribution in [0.3, 0.4) is 0 Å². The average molecular weight is 244 g/mol. The van der Waals surface area contributed by atoms with Crippen LogP contribution >= 0.6 is 0 Å². The lowest BCUT2D eigenvalue weighted by molar-refractivity contribution is -0.121. The first-order valence-electron chi connectivity index (χ1n) is 5.98. The first-order chi connectivity index (χ1) is 8.61. The molecule has 0 bridgehead atoms. The summed E-state index contributed by atoms with van der Waals surface area (Å²) in [5.41, 5.74) is 1.82. The van der Waals surface area contributed by atoms with E-state index in [1.54, 1.807) is 10.8 Å². The maximum atomic E-state index is 11.8. The van der Waals surface area contributed by atoms with Crippen molar-refractivity contribution in [3.8, 4) is 0 Å². The van der Waals surface area contributed by atoms with Crippen LogP contribution in [0, 0.1) is 6.92 Å². The Labute approximate surface area is 105 Å². The maximum Gasteiger partial charge on any atom is 0.239 e. The Bertz CT molecular complexity index is 644. The first-order valence-corrected chi connectivity index (χ1v) is 5.98. The highest BCUT2D eigenvalue weighted by atomic mass is 16.2. The van der Waals surface area contributed by atoms with Crippen LogP contribution in [0.5, 0.6) is 0 Å². The molecule has 1 aromatic heterocycles. The van der Waals surface area contributed by atoms with Gasteiger partial charge in [0.25, 0.3) is 0 Å². The van der Waals surface area contributed by atoms with Crippen LogP contribution in [0.15, 0.2) is 35.3 Å². The van der Waals surface area contributed by atoms with Gasteiger partial charge in [-0.15, -0.1) is 0 Å². The number of amides is 1. The summed E-state index contributed by atoms with van der Waals surface area (Å²) in [4.78, 5) is 23.4. The van der Waals surface area contributed by atoms with Crippen molar-refractivity contribution in [1.82, 2.24) is 9.88 Å². The van der Waals surface area contributed by atoms with Gasteiger partial charge in [-0.05, 0) is 26.0 Å². The molecule has 4 heteroatoms. The van der Waals surface area contributed by atoms with E-state index in [4.69, 9.17) is 0 Å². The molecular formula is C14H16N2O2. The number of likely N-dealkylation sites (N-methyl/N-ethyl adjacent to an activating group) is 1. The van der Waals surface area contributed by atoms with Gasteiger partial charge in [-0.25, -0.2) is 0 Å². The number of carbonyl (C=O) groups is 1. The van der Waals surface area contributed by atoms with E-state index in [-0.39, 0.29) is 17.9 Å². The van der Waals surface area contributed by atoms with E-state index in [1.165, 1.54) is 6.07 Å². The molecule has 1 N–H and O–H groups in total. The lowest BCUT2D eigenvalue weighted by atomic mass is 10.1. The zero-order valence-electron chi connectivity index (χ0n) is 10.6. The van der Waals surface area contributed by atoms with Crippen molar-refractivity contribution in [2.24, 2.45) is 0 Å². The van der Waals surface area contributed by atoms with Crippen molar-refractivity contribution >= 4 is 16.8 Å². The SMILES string of the molecule is CCNC(=O)Cn1ccc(=O)c2cc(C)ccc21. The summed E-state index contributed by atoms with van der Waals surface area (Å²) in [6, 6.07) is 7.17. The number of hydrogen-bond donors (Lipinski definition) is 1. The molecule has 94 valence electrons. The van der Waals surface area contributed by atoms with Crippen LogP contribution in [-0.2, 0) is 11.3 Å². The summed E-state index contributed by atoms with van der Waals surface area (Å²) in [5, 5.41) is 3.40. The number of benzene rings is 1. The quantitative estimate of drug-likeness (QED) is 0.888. The number of aromatic nitrogens is 1. The third-order valence-corrected chi connectivity index (χ3v) is 2.82. The number of pyridine rings is 1. The Morgan fingerprint density at radius 2 is 2.11 bits per heavy atom. The molecule has 0 saturated heterocycles. The van der Waals surface area contributed by atoms with Crippen molar-refractivity contribution in [2.75, 3.05) is 6.54 Å². The predicted octanol–water partition coefficient (Wildman–Crippen LogP) is 1.45. The smallest absolute Gasteiger partial charge is 0.239 e. The molecule has 1 aromatic carbocycles. The van der Waals surface area contributed by atoms with Crippen molar-refractivity contribution in [1.29, 1.82) is 0 Å². The fraction of sp³-hybridized carbons (Fsp3) is 0.286. The number of carbonyl (C=O) groups excluding carboxylic acids is 1. The summed E-state index contributed by atoms with van der Waals surface area (Å²) in [6.45, 7) is 4.66. The van der Waals surface area contributed by atoms with Gasteiger partial charge in [-0.3, -0.25) is 9.59 Å². The Balaban J connectivity index is 2.49. The van der Waals surface area contributed by atoms with Gasteiger partial charge in [0.1, 0.15) is 6.54 Å². The summed E-state index contributed by atoms with van der Waals surface area (Å²) in [7, 11) is 0. The molecule has 0 saturated carbocycles. The summed E-state index contributed by atoms with van der Waals surface area (Å²) in [5.74, 6) is -0.0528. The van der Waals surface area contributed by atoms with Crippen LogP contribution in [0.2, 0.25) is 0 Å². The molecule has 0 unspecified atom stereocenters. The molecule has 1 heterocycles. The van der Waals surface area contributed by atoms with E-state index in [9.17, 15) is 9.59 Å². The van der Waals surface area contributed by atoms with E-state index in [1.807, 2.05) is 32.0 Å². The van der Waals surface area contributed by atoms with Gasteiger partial charge < -0.3 is 9.88 Å². The van der Waals surface area contributed by atoms with E-state index >= 15 is 0 Å². The number of hydrogen-bond acceptors (Lipinski definition) is 2. The minimum atomic E-state index is -0.0528. The van der Waals surface area contributed by atoms with Crippen molar-refractivity contribution < 1.29 is 4.79 Å². The minimum Gasteiger partial charge on any atom is -0.355 e. The Morgan fingerprint density at radius 3 is 2.83 bits per heavy atom. The van der Waals surface area contributed by atoms with Crippen molar-refractivity contribution in [3.05, 3.63) is 46.2 Å². The van der Waals surface area contributed by atoms with Gasteiger partial charge in [0.2, 0.25) is 5.91 Å². The molecule has 1 amide bonds. The normalized spacial score (nSPS) is 10.6. The molecule has 0 atom stereocenters. The molecule has 2 aromatic rings. The van der Waals surface area contributed by atoms with E-state index in [0.717, 1.165) is 11.1 Å². The Hall–Kier alpha value is -2.10. The molecule has 0 spiro atoms. The van der Waals surface area contributed by atoms with Crippen LogP contribution in [-0.4, -0.2) is 17.0 Å². The van der Waals surface area contributed by atoms with Gasteiger partial charge >= 0.3 is 0 Å². The predicted molar refractivity (Wildman–Crippen MR) is 71.6 cm³/mol. The average Bonchev–Trinajstić information content (AvgIpc) is 2.33. The van der Waals surface area contributed by atoms with Crippen LogP contribution < -0.4 is 10.7 Å². The number of aryl methyl sites for hydroxylation is 1. The molecule has 18 heavy (non-hydrogen) atoms. The molecule has 0 aliphatic carbocycles. The highest BCUT2D eigenvalue weighted by Gasteiger charge is 2.06. The number of nitrogens with one attached hydrogen (secondary N) is 1. The third kappa shape index (κ3) is 2.42. The molecule has 0 aliphatic rings. The van der Waals surface area contributed by atoms with Gasteiger partial charge in [-0.2, -0.15) is 0 Å². The second-order valence-electron chi connectivity index (χ2n) is 4.28. The van der Waals surface area contributed by atoms with E-state index in [0.29, 0.717) is 11.9 Å². The van der Waals surface area contributed by atoms with Crippen molar-refractivity contribution in [2.45, 2.75) is 20.4 Å². The molecule has 0 fully saturated rings. The van der Waals surface area contributed by atoms with Gasteiger partial charge in [0.05, 0.1) is 5.52 Å². The van der Waals surface area contributed by atoms with Crippen molar-refractivity contribution in [3.63, 3.8) is 0 Å². The minimum absolute atomic E-state index is 0.0131. The fourth-order valence-corrected chi connectivity index (χ4v) is 1.97. The summed E-state index contributed by atoms with van der Waals surface area (Å²) < 4.78 is 1.79. The molecule has 0 aliphatic heterocycles. The maximum absolute atomic E-state index is 11.8. The lowest BCUT2D eigenvalue weighted by Gasteiger charge is -2.10. The Kier molecular flexibility index (Phi) is 3.46. The largest absolute Gasteiger partial charge is 0.355 e. The van der Waals surface area contributed by atoms with Crippen LogP contribution in [0.4, 0.5) is 0 Å². The highest BCUT2D eigenvalue weighted by molar-refractivity contribution is 5.82. The topological polar surface area (TPSA) is 51.1 Å². The zero-order chi connectivity index (χ0) is 13.1. The molecular weight excluding hydrogens is 228 g/mol. The number of fused-ring (bicyclic) bond motifs is 1. The standard InChI is InChI=1S/C14H16N2O2/c1-3-15-14(18)9-16-7-6-13(17)11-8-10(2)4-5-12(11)16/h4-8H,3,9H2,1-2H3,(H,15,18). The summed E-state index contributed by atoms with van der Waals surface area (Å²) >= 11 is 0. The van der Waals surface area contributed by atoms with Crippen LogP contribution in [0.1, 0.15) is 12.5 Å². The van der Waals surface area contributed by atoms with E-state index in [2.05, 4.69) is 5.32 Å². The molecule has 0 radical (unpaired) electrons. The van der Waals surface area contributed by atoms with Gasteiger partial charge in [0, 0.05) is 24.2 Å². The highest BCUT2D eigenvalue weighted by Crippen LogP contribution is 2.12. The monoisotopic (exact) mass is 244 g/mol. The second-order valence-corrected chi connectivity index (χ2v) is 4.28. The fourth-order valence-electron chi connectivity index (χ4n) is 1.97. The van der Waals surface area contributed by atoms with Gasteiger partial charge in [0.15, 0.2) is 5.43 Å². The van der Waals surface area contributed by atoms with E-state index < -0.39 is 0 Å². The Morgan fingerprint density at radius 1 is 1.33 bits per heavy atom. The number of rotatable bonds is 3. The third-order valence-electron chi connectivity index (χ3n) is 2.82. The summed E-state index contributed by atoms with van der Waals surface area (Å²) in [6.07, 6.45) is 1.66. The zero-order valence-corrected chi connectivity index (χ0v) is 10.6. The first kappa shape index (κ1) is 12.4. The van der Waals surface area contributed by atoms with Crippen LogP contribution in [0.25, 0.3) is 10.9 Å². The molecule has 4 nitrogen and oxygen atoms in total. The lowest BCUT2D eigenvalue weighted by Crippen LogP contribution is -2.27. The van der Waals surface area contributed by atoms with Gasteiger partial charge in [-0.1, -0.05) is 11.6 Å². The number of nitrogens with zero attached hydrogens (tertiary/aromatic N) is 1. The second kappa shape index (κ2) is 5.04. The molecule has 2 rings (SSSR count).